The number of carbonyl (C=O) groups excluding carboxylic acids is 1. The molecule has 0 amide bonds. The fourth-order valence-corrected chi connectivity index (χ4v) is 7.85. The molecule has 32 heavy (non-hydrogen) atoms. The number of alkyl halides is 2. The Morgan fingerprint density at radius 1 is 1.12 bits per heavy atom. The van der Waals surface area contributed by atoms with Crippen LogP contribution in [-0.4, -0.2) is 51.6 Å². The number of aliphatic hydroxyl groups excluding tert-OH is 1. The maximum absolute atomic E-state index is 14.8. The van der Waals surface area contributed by atoms with E-state index in [1.54, 1.807) is 0 Å². The van der Waals surface area contributed by atoms with Gasteiger partial charge in [0.2, 0.25) is 5.95 Å². The van der Waals surface area contributed by atoms with Crippen molar-refractivity contribution >= 4 is 17.5 Å². The van der Waals surface area contributed by atoms with Crippen molar-refractivity contribution in [2.75, 3.05) is 22.9 Å². The van der Waals surface area contributed by atoms with Crippen molar-refractivity contribution in [2.45, 2.75) is 89.8 Å². The molecule has 5 atom stereocenters. The Bertz CT molecular complexity index is 1030. The Morgan fingerprint density at radius 3 is 2.41 bits per heavy atom. The Kier molecular flexibility index (Phi) is 3.88. The number of aliphatic hydroxyl groups is 1. The highest BCUT2D eigenvalue weighted by atomic mass is 19.3. The zero-order valence-electron chi connectivity index (χ0n) is 19.3. The molecule has 2 bridgehead atoms. The Balaban J connectivity index is 1.51. The molecule has 3 aliphatic carbocycles. The lowest BCUT2D eigenvalue weighted by Gasteiger charge is -2.65. The van der Waals surface area contributed by atoms with Crippen LogP contribution in [0.2, 0.25) is 0 Å². The molecule has 174 valence electrons. The van der Waals surface area contributed by atoms with Crippen LogP contribution in [0.25, 0.3) is 0 Å². The molecule has 6 nitrogen and oxygen atoms in total. The molecule has 2 aliphatic heterocycles. The Labute approximate surface area is 187 Å². The molecule has 1 N–H and O–H groups in total. The number of halogens is 2. The summed E-state index contributed by atoms with van der Waals surface area (Å²) in [7, 11) is 0. The molecule has 4 fully saturated rings. The second-order valence-corrected chi connectivity index (χ2v) is 11.5. The van der Waals surface area contributed by atoms with Crippen LogP contribution in [0.3, 0.4) is 0 Å². The zero-order valence-corrected chi connectivity index (χ0v) is 19.3. The number of rotatable bonds is 3. The quantitative estimate of drug-likeness (QED) is 0.767. The smallest absolute Gasteiger partial charge is 0.290 e. The Morgan fingerprint density at radius 2 is 1.88 bits per heavy atom. The van der Waals surface area contributed by atoms with Crippen molar-refractivity contribution in [3.05, 3.63) is 11.3 Å². The Hall–Kier alpha value is -1.83. The third-order valence-electron chi connectivity index (χ3n) is 10.2. The highest BCUT2D eigenvalue weighted by Crippen LogP contribution is 2.71. The van der Waals surface area contributed by atoms with Crippen molar-refractivity contribution in [2.24, 2.45) is 16.7 Å². The summed E-state index contributed by atoms with van der Waals surface area (Å²) in [5.41, 5.74) is -1.51. The van der Waals surface area contributed by atoms with E-state index in [-0.39, 0.29) is 35.8 Å². The van der Waals surface area contributed by atoms with Gasteiger partial charge in [0.15, 0.2) is 0 Å². The molecule has 1 aromatic heterocycles. The predicted octanol–water partition coefficient (Wildman–Crippen LogP) is 3.45. The predicted molar refractivity (Wildman–Crippen MR) is 116 cm³/mol. The first-order valence-corrected chi connectivity index (χ1v) is 12.0. The number of Topliss-reactive ketones (excluding diaryl/α,β-unsaturated/α-hetero) is 1. The number of aromatic nitrogens is 2. The summed E-state index contributed by atoms with van der Waals surface area (Å²) in [6, 6.07) is 0.216. The summed E-state index contributed by atoms with van der Waals surface area (Å²) >= 11 is 0. The lowest BCUT2D eigenvalue weighted by atomic mass is 9.53. The number of fused-ring (bicyclic) bond motifs is 3. The number of ketones is 1. The molecule has 8 heteroatoms. The second kappa shape index (κ2) is 5.99. The molecule has 0 spiro atoms. The summed E-state index contributed by atoms with van der Waals surface area (Å²) in [5.74, 6) is -1.62. The molecule has 0 radical (unpaired) electrons. The van der Waals surface area contributed by atoms with Gasteiger partial charge in [-0.2, -0.15) is 13.8 Å². The van der Waals surface area contributed by atoms with Crippen LogP contribution < -0.4 is 9.80 Å². The van der Waals surface area contributed by atoms with Gasteiger partial charge in [-0.3, -0.25) is 4.79 Å². The molecule has 1 unspecified atom stereocenters. The highest BCUT2D eigenvalue weighted by molar-refractivity contribution is 5.92. The number of anilines is 2. The van der Waals surface area contributed by atoms with Crippen LogP contribution in [-0.2, 0) is 17.1 Å². The lowest BCUT2D eigenvalue weighted by molar-refractivity contribution is -0.146. The maximum atomic E-state index is 14.8. The first-order valence-electron chi connectivity index (χ1n) is 12.0. The van der Waals surface area contributed by atoms with E-state index < -0.39 is 23.0 Å². The van der Waals surface area contributed by atoms with Crippen LogP contribution in [0.5, 0.6) is 0 Å². The number of hydrogen-bond donors (Lipinski definition) is 1. The topological polar surface area (TPSA) is 69.6 Å². The van der Waals surface area contributed by atoms with Gasteiger partial charge < -0.3 is 14.9 Å². The average molecular weight is 447 g/mol. The van der Waals surface area contributed by atoms with Gasteiger partial charge in [0.05, 0.1) is 17.1 Å². The van der Waals surface area contributed by atoms with Crippen LogP contribution in [0.1, 0.15) is 71.1 Å². The van der Waals surface area contributed by atoms with Crippen LogP contribution in [0, 0.1) is 16.7 Å². The van der Waals surface area contributed by atoms with Crippen molar-refractivity contribution < 1.29 is 18.7 Å². The van der Waals surface area contributed by atoms with Crippen LogP contribution in [0.15, 0.2) is 0 Å². The fraction of sp³-hybridized carbons (Fsp3) is 0.792. The minimum Gasteiger partial charge on any atom is -0.389 e. The first kappa shape index (κ1) is 20.8. The second-order valence-electron chi connectivity index (χ2n) is 11.5. The van der Waals surface area contributed by atoms with E-state index in [1.165, 1.54) is 0 Å². The summed E-state index contributed by atoms with van der Waals surface area (Å²) in [5, 5.41) is 11.2. The maximum Gasteiger partial charge on any atom is 0.290 e. The number of nitrogens with zero attached hydrogens (tertiary/aromatic N) is 4. The SMILES string of the molecule is C[C@H]1CCN1c1nc(N2CC(O)[C@]2(C)[C@]23CC[C@@H](CC2=O)C3(C)C)c2c(n1)C(F)(F)CC2. The van der Waals surface area contributed by atoms with Gasteiger partial charge in [-0.05, 0) is 50.9 Å². The average Bonchev–Trinajstić information content (AvgIpc) is 3.25. The van der Waals surface area contributed by atoms with E-state index in [9.17, 15) is 18.7 Å². The van der Waals surface area contributed by atoms with Crippen LogP contribution in [0.4, 0.5) is 20.5 Å². The number of hydrogen-bond acceptors (Lipinski definition) is 6. The van der Waals surface area contributed by atoms with E-state index in [0.29, 0.717) is 36.2 Å². The van der Waals surface area contributed by atoms with Crippen molar-refractivity contribution in [3.8, 4) is 0 Å². The van der Waals surface area contributed by atoms with Gasteiger partial charge in [0.25, 0.3) is 5.92 Å². The normalized spacial score (nSPS) is 41.0. The lowest BCUT2D eigenvalue weighted by Crippen LogP contribution is -2.79. The first-order chi connectivity index (χ1) is 14.9. The van der Waals surface area contributed by atoms with Gasteiger partial charge in [-0.25, -0.2) is 4.98 Å². The van der Waals surface area contributed by atoms with Crippen molar-refractivity contribution in [3.63, 3.8) is 0 Å². The summed E-state index contributed by atoms with van der Waals surface area (Å²) in [6.45, 7) is 9.36. The minimum atomic E-state index is -2.98. The van der Waals surface area contributed by atoms with E-state index in [0.717, 1.165) is 25.8 Å². The summed E-state index contributed by atoms with van der Waals surface area (Å²) in [4.78, 5) is 26.6. The molecule has 6 rings (SSSR count). The van der Waals surface area contributed by atoms with Crippen molar-refractivity contribution in [1.82, 2.24) is 9.97 Å². The molecule has 5 aliphatic rings. The third-order valence-corrected chi connectivity index (χ3v) is 10.2. The van der Waals surface area contributed by atoms with Gasteiger partial charge in [0.1, 0.15) is 17.3 Å². The van der Waals surface area contributed by atoms with Gasteiger partial charge in [0, 0.05) is 37.5 Å². The van der Waals surface area contributed by atoms with Crippen molar-refractivity contribution in [1.29, 1.82) is 0 Å². The molecule has 3 heterocycles. The van der Waals surface area contributed by atoms with E-state index in [2.05, 4.69) is 18.8 Å². The van der Waals surface area contributed by atoms with Crippen LogP contribution >= 0.6 is 0 Å². The van der Waals surface area contributed by atoms with Gasteiger partial charge in [-0.1, -0.05) is 13.8 Å². The number of carbonyl (C=O) groups is 1. The summed E-state index contributed by atoms with van der Waals surface area (Å²) < 4.78 is 29.7. The van der Waals surface area contributed by atoms with E-state index in [1.807, 2.05) is 23.6 Å². The molecule has 0 aromatic carbocycles. The molecule has 2 saturated carbocycles. The molecule has 1 aromatic rings. The third kappa shape index (κ3) is 2.11. The molecule has 2 saturated heterocycles. The van der Waals surface area contributed by atoms with Gasteiger partial charge >= 0.3 is 0 Å². The molecular weight excluding hydrogens is 414 g/mol. The summed E-state index contributed by atoms with van der Waals surface area (Å²) in [6.07, 6.45) is 2.45. The largest absolute Gasteiger partial charge is 0.389 e. The fourth-order valence-electron chi connectivity index (χ4n) is 7.85. The highest BCUT2D eigenvalue weighted by Gasteiger charge is 2.77. The van der Waals surface area contributed by atoms with Gasteiger partial charge in [-0.15, -0.1) is 0 Å². The number of β-amino-alcohol motifs (C(OH)–C–C–N with tert-alkyl or cyclic N) is 1. The molecular formula is C24H32F2N4O2. The minimum absolute atomic E-state index is 0.167. The van der Waals surface area contributed by atoms with E-state index in [4.69, 9.17) is 4.98 Å². The zero-order chi connectivity index (χ0) is 22.8. The standard InChI is InChI=1S/C24H32F2N4O2/c1-13-7-10-29(13)20-27-18-15(6-9-24(18,25)26)19(28-20)30-12-17(32)22(30,4)23-8-5-14(11-16(23)31)21(23,2)3/h13-14,17,32H,5-12H2,1-4H3/t13-,14-,17?,22+,23+/m0/s1. The monoisotopic (exact) mass is 446 g/mol. The van der Waals surface area contributed by atoms with E-state index >= 15 is 0 Å².